The molecule has 112 valence electrons. The predicted octanol–water partition coefficient (Wildman–Crippen LogP) is 2.87. The number of nitrogens with zero attached hydrogens (tertiary/aromatic N) is 3. The molecule has 1 unspecified atom stereocenters. The molecule has 20 heavy (non-hydrogen) atoms. The van der Waals surface area contributed by atoms with Gasteiger partial charge < -0.3 is 4.74 Å². The van der Waals surface area contributed by atoms with Crippen LogP contribution in [0.5, 0.6) is 0 Å². The Hall–Kier alpha value is -1.23. The Labute approximate surface area is 120 Å². The van der Waals surface area contributed by atoms with Gasteiger partial charge in [0, 0.05) is 12.0 Å². The van der Waals surface area contributed by atoms with E-state index in [4.69, 9.17) is 4.74 Å². The van der Waals surface area contributed by atoms with E-state index in [0.717, 1.165) is 31.4 Å². The minimum Gasteiger partial charge on any atom is -0.364 e. The molecule has 0 spiro atoms. The lowest BCUT2D eigenvalue weighted by Gasteiger charge is -2.15. The normalized spacial score (nSPS) is 19.2. The first kappa shape index (κ1) is 15.2. The van der Waals surface area contributed by atoms with Crippen LogP contribution in [0.2, 0.25) is 0 Å². The molecule has 0 amide bonds. The average Bonchev–Trinajstić information content (AvgIpc) is 2.72. The number of Topliss-reactive ketones (excluding diaryl/α,β-unsaturated/α-hetero) is 1. The standard InChI is InChI=1S/C15H25N3O2/c1-10(2)13(19)9-20-14-8-6-5-7-12-15(14)16-17-18(12)11(3)4/h10-11,14H,5-9H2,1-4H3. The van der Waals surface area contributed by atoms with Gasteiger partial charge >= 0.3 is 0 Å². The molecular formula is C15H25N3O2. The van der Waals surface area contributed by atoms with E-state index < -0.39 is 0 Å². The topological polar surface area (TPSA) is 57.0 Å². The number of fused-ring (bicyclic) bond motifs is 1. The molecule has 0 saturated carbocycles. The molecule has 0 N–H and O–H groups in total. The SMILES string of the molecule is CC(C)C(=O)COC1CCCCc2c1nnn2C(C)C. The predicted molar refractivity (Wildman–Crippen MR) is 76.5 cm³/mol. The summed E-state index contributed by atoms with van der Waals surface area (Å²) in [6.45, 7) is 8.20. The van der Waals surface area contributed by atoms with Crippen LogP contribution in [0.4, 0.5) is 0 Å². The first-order chi connectivity index (χ1) is 9.50. The van der Waals surface area contributed by atoms with Crippen LogP contribution in [0.3, 0.4) is 0 Å². The van der Waals surface area contributed by atoms with Crippen molar-refractivity contribution in [2.75, 3.05) is 6.61 Å². The highest BCUT2D eigenvalue weighted by Crippen LogP contribution is 2.30. The summed E-state index contributed by atoms with van der Waals surface area (Å²) in [6.07, 6.45) is 4.08. The van der Waals surface area contributed by atoms with E-state index in [0.29, 0.717) is 6.04 Å². The molecule has 5 nitrogen and oxygen atoms in total. The second-order valence-electron chi connectivity index (χ2n) is 6.13. The molecule has 1 aromatic rings. The van der Waals surface area contributed by atoms with Crippen LogP contribution in [0.25, 0.3) is 0 Å². The van der Waals surface area contributed by atoms with Crippen LogP contribution in [-0.2, 0) is 16.0 Å². The summed E-state index contributed by atoms with van der Waals surface area (Å²) < 4.78 is 7.83. The number of hydrogen-bond donors (Lipinski definition) is 0. The van der Waals surface area contributed by atoms with E-state index in [2.05, 4.69) is 24.2 Å². The van der Waals surface area contributed by atoms with Crippen molar-refractivity contribution in [3.8, 4) is 0 Å². The largest absolute Gasteiger partial charge is 0.364 e. The first-order valence-corrected chi connectivity index (χ1v) is 7.59. The van der Waals surface area contributed by atoms with Gasteiger partial charge in [0.15, 0.2) is 5.78 Å². The quantitative estimate of drug-likeness (QED) is 0.778. The van der Waals surface area contributed by atoms with Gasteiger partial charge in [-0.3, -0.25) is 4.79 Å². The molecule has 0 aliphatic heterocycles. The van der Waals surface area contributed by atoms with Crippen molar-refractivity contribution in [2.24, 2.45) is 5.92 Å². The van der Waals surface area contributed by atoms with E-state index in [-0.39, 0.29) is 24.4 Å². The zero-order chi connectivity index (χ0) is 14.7. The van der Waals surface area contributed by atoms with Gasteiger partial charge in [-0.05, 0) is 33.1 Å². The van der Waals surface area contributed by atoms with Crippen LogP contribution in [0, 0.1) is 5.92 Å². The Bertz CT molecular complexity index is 466. The number of aromatic nitrogens is 3. The van der Waals surface area contributed by atoms with E-state index in [9.17, 15) is 4.79 Å². The van der Waals surface area contributed by atoms with Crippen molar-refractivity contribution in [1.29, 1.82) is 0 Å². The van der Waals surface area contributed by atoms with Crippen molar-refractivity contribution in [3.05, 3.63) is 11.4 Å². The number of ether oxygens (including phenoxy) is 1. The molecule has 1 aliphatic carbocycles. The zero-order valence-corrected chi connectivity index (χ0v) is 12.9. The molecule has 0 fully saturated rings. The van der Waals surface area contributed by atoms with Crippen molar-refractivity contribution in [2.45, 2.75) is 65.5 Å². The Morgan fingerprint density at radius 2 is 2.10 bits per heavy atom. The second kappa shape index (κ2) is 6.48. The molecule has 1 heterocycles. The maximum absolute atomic E-state index is 11.7. The van der Waals surface area contributed by atoms with Gasteiger partial charge in [-0.2, -0.15) is 0 Å². The molecule has 2 rings (SSSR count). The van der Waals surface area contributed by atoms with Crippen LogP contribution in [-0.4, -0.2) is 27.4 Å². The molecular weight excluding hydrogens is 254 g/mol. The Balaban J connectivity index is 2.13. The van der Waals surface area contributed by atoms with E-state index in [1.54, 1.807) is 0 Å². The van der Waals surface area contributed by atoms with Gasteiger partial charge in [-0.15, -0.1) is 5.10 Å². The van der Waals surface area contributed by atoms with Gasteiger partial charge in [0.1, 0.15) is 18.4 Å². The first-order valence-electron chi connectivity index (χ1n) is 7.59. The Morgan fingerprint density at radius 3 is 2.75 bits per heavy atom. The third-order valence-electron chi connectivity index (χ3n) is 3.82. The highest BCUT2D eigenvalue weighted by atomic mass is 16.5. The highest BCUT2D eigenvalue weighted by Gasteiger charge is 2.26. The summed E-state index contributed by atoms with van der Waals surface area (Å²) in [6, 6.07) is 0.308. The van der Waals surface area contributed by atoms with Gasteiger partial charge in [-0.1, -0.05) is 25.5 Å². The van der Waals surface area contributed by atoms with Crippen molar-refractivity contribution >= 4 is 5.78 Å². The molecule has 1 aliphatic rings. The Kier molecular flexibility index (Phi) is 4.91. The fourth-order valence-electron chi connectivity index (χ4n) is 2.50. The van der Waals surface area contributed by atoms with Gasteiger partial charge in [-0.25, -0.2) is 4.68 Å². The van der Waals surface area contributed by atoms with E-state index >= 15 is 0 Å². The van der Waals surface area contributed by atoms with Crippen LogP contribution in [0.1, 0.15) is 70.5 Å². The summed E-state index contributed by atoms with van der Waals surface area (Å²) in [5, 5.41) is 8.57. The van der Waals surface area contributed by atoms with Crippen LogP contribution in [0.15, 0.2) is 0 Å². The van der Waals surface area contributed by atoms with Crippen LogP contribution >= 0.6 is 0 Å². The van der Waals surface area contributed by atoms with Gasteiger partial charge in [0.25, 0.3) is 0 Å². The third-order valence-corrected chi connectivity index (χ3v) is 3.82. The Morgan fingerprint density at radius 1 is 1.35 bits per heavy atom. The van der Waals surface area contributed by atoms with Gasteiger partial charge in [0.05, 0.1) is 5.69 Å². The number of hydrogen-bond acceptors (Lipinski definition) is 4. The number of ketones is 1. The minimum atomic E-state index is -0.0808. The fourth-order valence-corrected chi connectivity index (χ4v) is 2.50. The maximum Gasteiger partial charge on any atom is 0.161 e. The van der Waals surface area contributed by atoms with E-state index in [1.165, 1.54) is 5.69 Å². The number of rotatable bonds is 5. The van der Waals surface area contributed by atoms with Crippen molar-refractivity contribution in [3.63, 3.8) is 0 Å². The molecule has 0 aromatic carbocycles. The minimum absolute atomic E-state index is 0.0200. The lowest BCUT2D eigenvalue weighted by atomic mass is 10.1. The lowest BCUT2D eigenvalue weighted by molar-refractivity contribution is -0.128. The van der Waals surface area contributed by atoms with Crippen molar-refractivity contribution in [1.82, 2.24) is 15.0 Å². The average molecular weight is 279 g/mol. The van der Waals surface area contributed by atoms with Crippen molar-refractivity contribution < 1.29 is 9.53 Å². The molecule has 5 heteroatoms. The monoisotopic (exact) mass is 279 g/mol. The number of carbonyl (C=O) groups excluding carboxylic acids is 1. The summed E-state index contributed by atoms with van der Waals surface area (Å²) in [4.78, 5) is 11.7. The molecule has 0 saturated heterocycles. The molecule has 0 radical (unpaired) electrons. The van der Waals surface area contributed by atoms with Gasteiger partial charge in [0.2, 0.25) is 0 Å². The lowest BCUT2D eigenvalue weighted by Crippen LogP contribution is -2.18. The van der Waals surface area contributed by atoms with Crippen LogP contribution < -0.4 is 0 Å². The summed E-state index contributed by atoms with van der Waals surface area (Å²) >= 11 is 0. The smallest absolute Gasteiger partial charge is 0.161 e. The summed E-state index contributed by atoms with van der Waals surface area (Å²) in [5.74, 6) is 0.165. The number of carbonyl (C=O) groups is 1. The summed E-state index contributed by atoms with van der Waals surface area (Å²) in [7, 11) is 0. The fraction of sp³-hybridized carbons (Fsp3) is 0.800. The third kappa shape index (κ3) is 3.26. The molecule has 1 aromatic heterocycles. The molecule has 0 bridgehead atoms. The summed E-state index contributed by atoms with van der Waals surface area (Å²) in [5.41, 5.74) is 2.12. The van der Waals surface area contributed by atoms with E-state index in [1.807, 2.05) is 18.5 Å². The molecule has 1 atom stereocenters. The maximum atomic E-state index is 11.7. The zero-order valence-electron chi connectivity index (χ0n) is 12.9. The second-order valence-corrected chi connectivity index (χ2v) is 6.13. The highest BCUT2D eigenvalue weighted by molar-refractivity contribution is 5.81.